The Bertz CT molecular complexity index is 387. The minimum Gasteiger partial charge on any atom is -0.491 e. The quantitative estimate of drug-likeness (QED) is 0.803. The van der Waals surface area contributed by atoms with Gasteiger partial charge in [0.15, 0.2) is 0 Å². The fourth-order valence-electron chi connectivity index (χ4n) is 2.18. The number of ether oxygens (including phenoxy) is 1. The van der Waals surface area contributed by atoms with E-state index in [9.17, 15) is 5.11 Å². The molecule has 18 heavy (non-hydrogen) atoms. The zero-order valence-electron chi connectivity index (χ0n) is 10.9. The molecular formula is C14H22N2O2. The number of benzene rings is 1. The molecule has 100 valence electrons. The number of aliphatic hydroxyl groups is 1. The molecule has 4 nitrogen and oxygen atoms in total. The first-order chi connectivity index (χ1) is 8.70. The third kappa shape index (κ3) is 3.07. The standard InChI is InChI=1S/C14H22N2O2/c1-2-9-18-14-10-11(3-4-13(14)15)16-7-5-12(17)6-8-16/h3-4,10,12,17H,2,5-9,15H2,1H3. The molecule has 1 saturated heterocycles. The van der Waals surface area contributed by atoms with Crippen LogP contribution in [0.1, 0.15) is 26.2 Å². The summed E-state index contributed by atoms with van der Waals surface area (Å²) in [6.07, 6.45) is 2.48. The van der Waals surface area contributed by atoms with Gasteiger partial charge in [-0.25, -0.2) is 0 Å². The molecule has 3 N–H and O–H groups in total. The van der Waals surface area contributed by atoms with Crippen molar-refractivity contribution in [3.05, 3.63) is 18.2 Å². The second-order valence-electron chi connectivity index (χ2n) is 4.79. The van der Waals surface area contributed by atoms with Crippen LogP contribution in [0.5, 0.6) is 5.75 Å². The molecule has 0 spiro atoms. The molecule has 1 aliphatic heterocycles. The van der Waals surface area contributed by atoms with Gasteiger partial charge >= 0.3 is 0 Å². The average molecular weight is 250 g/mol. The van der Waals surface area contributed by atoms with Crippen LogP contribution in [0.3, 0.4) is 0 Å². The lowest BCUT2D eigenvalue weighted by Crippen LogP contribution is -2.35. The Morgan fingerprint density at radius 3 is 2.78 bits per heavy atom. The van der Waals surface area contributed by atoms with E-state index in [1.807, 2.05) is 18.2 Å². The van der Waals surface area contributed by atoms with Crippen molar-refractivity contribution in [2.45, 2.75) is 32.3 Å². The van der Waals surface area contributed by atoms with Crippen LogP contribution in [0.2, 0.25) is 0 Å². The van der Waals surface area contributed by atoms with E-state index in [2.05, 4.69) is 11.8 Å². The highest BCUT2D eigenvalue weighted by Crippen LogP contribution is 2.29. The zero-order chi connectivity index (χ0) is 13.0. The Balaban J connectivity index is 2.08. The Morgan fingerprint density at radius 1 is 1.39 bits per heavy atom. The molecule has 0 aliphatic carbocycles. The molecule has 0 radical (unpaired) electrons. The summed E-state index contributed by atoms with van der Waals surface area (Å²) in [5.74, 6) is 0.764. The van der Waals surface area contributed by atoms with Gasteiger partial charge in [0.1, 0.15) is 5.75 Å². The number of anilines is 2. The zero-order valence-corrected chi connectivity index (χ0v) is 10.9. The molecule has 0 amide bonds. The molecule has 0 aromatic heterocycles. The van der Waals surface area contributed by atoms with Gasteiger partial charge in [0.25, 0.3) is 0 Å². The van der Waals surface area contributed by atoms with Crippen LogP contribution < -0.4 is 15.4 Å². The molecule has 4 heteroatoms. The predicted octanol–water partition coefficient (Wildman–Crippen LogP) is 2.02. The number of nitrogen functional groups attached to an aromatic ring is 1. The molecule has 0 saturated carbocycles. The van der Waals surface area contributed by atoms with Crippen molar-refractivity contribution >= 4 is 11.4 Å². The Morgan fingerprint density at radius 2 is 2.11 bits per heavy atom. The second kappa shape index (κ2) is 5.96. The maximum absolute atomic E-state index is 9.52. The van der Waals surface area contributed by atoms with Gasteiger partial charge in [0.2, 0.25) is 0 Å². The summed E-state index contributed by atoms with van der Waals surface area (Å²) in [4.78, 5) is 2.27. The third-order valence-corrected chi connectivity index (χ3v) is 3.29. The number of nitrogens with two attached hydrogens (primary N) is 1. The van der Waals surface area contributed by atoms with Gasteiger partial charge in [-0.05, 0) is 31.4 Å². The van der Waals surface area contributed by atoms with Crippen molar-refractivity contribution in [3.8, 4) is 5.75 Å². The fourth-order valence-corrected chi connectivity index (χ4v) is 2.18. The first kappa shape index (κ1) is 13.0. The van der Waals surface area contributed by atoms with Gasteiger partial charge in [-0.3, -0.25) is 0 Å². The smallest absolute Gasteiger partial charge is 0.144 e. The number of aliphatic hydroxyl groups excluding tert-OH is 1. The summed E-state index contributed by atoms with van der Waals surface area (Å²) in [5, 5.41) is 9.52. The molecule has 1 aromatic carbocycles. The summed E-state index contributed by atoms with van der Waals surface area (Å²) in [6.45, 7) is 4.54. The van der Waals surface area contributed by atoms with E-state index < -0.39 is 0 Å². The molecule has 0 atom stereocenters. The molecule has 1 heterocycles. The molecule has 0 bridgehead atoms. The van der Waals surface area contributed by atoms with Crippen LogP contribution >= 0.6 is 0 Å². The Kier molecular flexibility index (Phi) is 4.31. The van der Waals surface area contributed by atoms with Crippen molar-refractivity contribution in [1.29, 1.82) is 0 Å². The molecular weight excluding hydrogens is 228 g/mol. The van der Waals surface area contributed by atoms with E-state index in [4.69, 9.17) is 10.5 Å². The first-order valence-electron chi connectivity index (χ1n) is 6.66. The third-order valence-electron chi connectivity index (χ3n) is 3.29. The summed E-state index contributed by atoms with van der Waals surface area (Å²) in [5.41, 5.74) is 7.71. The summed E-state index contributed by atoms with van der Waals surface area (Å²) in [6, 6.07) is 5.92. The second-order valence-corrected chi connectivity index (χ2v) is 4.79. The highest BCUT2D eigenvalue weighted by molar-refractivity contribution is 5.62. The highest BCUT2D eigenvalue weighted by atomic mass is 16.5. The molecule has 1 aromatic rings. The van der Waals surface area contributed by atoms with Crippen molar-refractivity contribution in [1.82, 2.24) is 0 Å². The topological polar surface area (TPSA) is 58.7 Å². The van der Waals surface area contributed by atoms with Crippen molar-refractivity contribution in [3.63, 3.8) is 0 Å². The maximum Gasteiger partial charge on any atom is 0.144 e. The SMILES string of the molecule is CCCOc1cc(N2CCC(O)CC2)ccc1N. The van der Waals surface area contributed by atoms with E-state index in [1.165, 1.54) is 0 Å². The lowest BCUT2D eigenvalue weighted by atomic mass is 10.1. The first-order valence-corrected chi connectivity index (χ1v) is 6.66. The number of nitrogens with zero attached hydrogens (tertiary/aromatic N) is 1. The number of hydrogen-bond acceptors (Lipinski definition) is 4. The van der Waals surface area contributed by atoms with Gasteiger partial charge in [-0.2, -0.15) is 0 Å². The number of hydrogen-bond donors (Lipinski definition) is 2. The van der Waals surface area contributed by atoms with Crippen LogP contribution in [-0.2, 0) is 0 Å². The monoisotopic (exact) mass is 250 g/mol. The van der Waals surface area contributed by atoms with Crippen LogP contribution in [0, 0.1) is 0 Å². The number of rotatable bonds is 4. The number of piperidine rings is 1. The van der Waals surface area contributed by atoms with Crippen LogP contribution in [0.15, 0.2) is 18.2 Å². The summed E-state index contributed by atoms with van der Waals surface area (Å²) >= 11 is 0. The van der Waals surface area contributed by atoms with E-state index >= 15 is 0 Å². The molecule has 0 unspecified atom stereocenters. The van der Waals surface area contributed by atoms with E-state index in [0.717, 1.165) is 43.8 Å². The molecule has 2 rings (SSSR count). The lowest BCUT2D eigenvalue weighted by molar-refractivity contribution is 0.145. The summed E-state index contributed by atoms with van der Waals surface area (Å²) < 4.78 is 5.64. The molecule has 1 aliphatic rings. The van der Waals surface area contributed by atoms with Gasteiger partial charge in [0.05, 0.1) is 18.4 Å². The van der Waals surface area contributed by atoms with E-state index in [0.29, 0.717) is 12.3 Å². The van der Waals surface area contributed by atoms with Gasteiger partial charge in [0, 0.05) is 24.8 Å². The fraction of sp³-hybridized carbons (Fsp3) is 0.571. The van der Waals surface area contributed by atoms with Gasteiger partial charge in [-0.1, -0.05) is 6.92 Å². The van der Waals surface area contributed by atoms with Crippen molar-refractivity contribution in [2.24, 2.45) is 0 Å². The Hall–Kier alpha value is -1.42. The van der Waals surface area contributed by atoms with Crippen LogP contribution in [0.25, 0.3) is 0 Å². The predicted molar refractivity (Wildman–Crippen MR) is 74.1 cm³/mol. The van der Waals surface area contributed by atoms with Crippen LogP contribution in [0.4, 0.5) is 11.4 Å². The van der Waals surface area contributed by atoms with Crippen LogP contribution in [-0.4, -0.2) is 30.9 Å². The largest absolute Gasteiger partial charge is 0.491 e. The normalized spacial score (nSPS) is 16.9. The van der Waals surface area contributed by atoms with Gasteiger partial charge < -0.3 is 20.5 Å². The van der Waals surface area contributed by atoms with Gasteiger partial charge in [-0.15, -0.1) is 0 Å². The summed E-state index contributed by atoms with van der Waals surface area (Å²) in [7, 11) is 0. The minimum absolute atomic E-state index is 0.147. The van der Waals surface area contributed by atoms with E-state index in [-0.39, 0.29) is 6.10 Å². The molecule has 1 fully saturated rings. The van der Waals surface area contributed by atoms with Crippen molar-refractivity contribution in [2.75, 3.05) is 30.3 Å². The Labute approximate surface area is 108 Å². The average Bonchev–Trinajstić information content (AvgIpc) is 2.39. The van der Waals surface area contributed by atoms with E-state index in [1.54, 1.807) is 0 Å². The lowest BCUT2D eigenvalue weighted by Gasteiger charge is -2.31. The van der Waals surface area contributed by atoms with Crippen molar-refractivity contribution < 1.29 is 9.84 Å². The maximum atomic E-state index is 9.52. The minimum atomic E-state index is -0.147. The highest BCUT2D eigenvalue weighted by Gasteiger charge is 2.17.